The van der Waals surface area contributed by atoms with Crippen molar-refractivity contribution in [2.45, 2.75) is 13.1 Å². The van der Waals surface area contributed by atoms with E-state index < -0.39 is 0 Å². The molecule has 0 N–H and O–H groups in total. The van der Waals surface area contributed by atoms with Gasteiger partial charge in [0.25, 0.3) is 0 Å². The summed E-state index contributed by atoms with van der Waals surface area (Å²) in [4.78, 5) is 4.89. The van der Waals surface area contributed by atoms with E-state index >= 15 is 0 Å². The number of pyridine rings is 1. The van der Waals surface area contributed by atoms with Crippen molar-refractivity contribution in [3.8, 4) is 33.5 Å². The van der Waals surface area contributed by atoms with Crippen molar-refractivity contribution in [3.63, 3.8) is 0 Å². The Hall–Kier alpha value is -2.76. The highest BCUT2D eigenvalue weighted by Gasteiger charge is 2.14. The Balaban J connectivity index is 1.97. The quantitative estimate of drug-likeness (QED) is 0.363. The number of aryl methyl sites for hydroxylation is 1. The average molecular weight is 367 g/mol. The average Bonchev–Trinajstić information content (AvgIpc) is 2.74. The van der Waals surface area contributed by atoms with Crippen LogP contribution in [0.25, 0.3) is 33.5 Å². The van der Waals surface area contributed by atoms with Gasteiger partial charge in [-0.25, -0.2) is 0 Å². The number of hydrogen-bond donors (Lipinski definition) is 0. The number of hydrogen-bond acceptors (Lipinski definition) is 1. The molecule has 1 heterocycles. The third-order valence-electron chi connectivity index (χ3n) is 4.80. The Labute approximate surface area is 163 Å². The minimum atomic E-state index is 0.857. The van der Waals surface area contributed by atoms with Crippen LogP contribution in [0, 0.1) is 6.92 Å². The molecular formula is C25H22NP. The lowest BCUT2D eigenvalue weighted by molar-refractivity contribution is 1.18. The van der Waals surface area contributed by atoms with Crippen molar-refractivity contribution in [2.75, 3.05) is 0 Å². The van der Waals surface area contributed by atoms with Crippen LogP contribution in [-0.2, 0) is 6.16 Å². The van der Waals surface area contributed by atoms with Crippen molar-refractivity contribution >= 4 is 9.24 Å². The fourth-order valence-corrected chi connectivity index (χ4v) is 3.73. The Morgan fingerprint density at radius 1 is 0.704 bits per heavy atom. The van der Waals surface area contributed by atoms with Gasteiger partial charge in [-0.2, -0.15) is 0 Å². The molecule has 0 aliphatic carbocycles. The van der Waals surface area contributed by atoms with Gasteiger partial charge < -0.3 is 0 Å². The molecule has 0 fully saturated rings. The molecule has 0 saturated heterocycles. The van der Waals surface area contributed by atoms with Gasteiger partial charge in [0.15, 0.2) is 0 Å². The van der Waals surface area contributed by atoms with Gasteiger partial charge in [-0.3, -0.25) is 4.98 Å². The SMILES string of the molecule is Cc1cc(-c2ccccc2)cc(-c2ccccc2)c1-c1cccc(CP)n1. The monoisotopic (exact) mass is 367 g/mol. The predicted molar refractivity (Wildman–Crippen MR) is 119 cm³/mol. The van der Waals surface area contributed by atoms with Crippen LogP contribution in [0.1, 0.15) is 11.3 Å². The maximum absolute atomic E-state index is 4.89. The van der Waals surface area contributed by atoms with Crippen molar-refractivity contribution in [1.29, 1.82) is 0 Å². The van der Waals surface area contributed by atoms with Crippen molar-refractivity contribution in [1.82, 2.24) is 4.98 Å². The molecule has 0 aliphatic heterocycles. The molecule has 132 valence electrons. The molecule has 4 aromatic rings. The summed E-state index contributed by atoms with van der Waals surface area (Å²) in [5, 5.41) is 0. The van der Waals surface area contributed by atoms with E-state index in [1.165, 1.54) is 33.4 Å². The molecule has 0 bridgehead atoms. The van der Waals surface area contributed by atoms with Gasteiger partial charge in [-0.05, 0) is 52.9 Å². The molecule has 0 aliphatic rings. The fourth-order valence-electron chi connectivity index (χ4n) is 3.50. The maximum atomic E-state index is 4.89. The maximum Gasteiger partial charge on any atom is 0.0714 e. The largest absolute Gasteiger partial charge is 0.252 e. The number of aromatic nitrogens is 1. The molecule has 1 atom stereocenters. The van der Waals surface area contributed by atoms with Crippen molar-refractivity contribution in [2.24, 2.45) is 0 Å². The van der Waals surface area contributed by atoms with Crippen LogP contribution in [0.3, 0.4) is 0 Å². The summed E-state index contributed by atoms with van der Waals surface area (Å²) in [6.45, 7) is 2.18. The molecule has 0 spiro atoms. The van der Waals surface area contributed by atoms with E-state index in [4.69, 9.17) is 4.98 Å². The van der Waals surface area contributed by atoms with Crippen LogP contribution >= 0.6 is 9.24 Å². The molecule has 1 nitrogen and oxygen atoms in total. The minimum Gasteiger partial charge on any atom is -0.252 e. The zero-order valence-electron chi connectivity index (χ0n) is 15.4. The van der Waals surface area contributed by atoms with Crippen molar-refractivity contribution in [3.05, 3.63) is 102 Å². The van der Waals surface area contributed by atoms with Gasteiger partial charge in [0.05, 0.1) is 5.69 Å². The van der Waals surface area contributed by atoms with Crippen LogP contribution in [0.4, 0.5) is 0 Å². The van der Waals surface area contributed by atoms with Crippen LogP contribution in [0.5, 0.6) is 0 Å². The van der Waals surface area contributed by atoms with Crippen molar-refractivity contribution < 1.29 is 0 Å². The first-order chi connectivity index (χ1) is 13.3. The highest BCUT2D eigenvalue weighted by atomic mass is 31.0. The van der Waals surface area contributed by atoms with Crippen LogP contribution in [-0.4, -0.2) is 4.98 Å². The van der Waals surface area contributed by atoms with E-state index in [-0.39, 0.29) is 0 Å². The summed E-state index contributed by atoms with van der Waals surface area (Å²) in [6, 6.07) is 32.0. The van der Waals surface area contributed by atoms with E-state index in [0.29, 0.717) is 0 Å². The molecule has 0 radical (unpaired) electrons. The van der Waals surface area contributed by atoms with Crippen LogP contribution in [0.2, 0.25) is 0 Å². The third-order valence-corrected chi connectivity index (χ3v) is 5.22. The van der Waals surface area contributed by atoms with E-state index in [0.717, 1.165) is 17.5 Å². The highest BCUT2D eigenvalue weighted by molar-refractivity contribution is 7.15. The first-order valence-corrected chi connectivity index (χ1v) is 10.00. The molecule has 0 saturated carbocycles. The summed E-state index contributed by atoms with van der Waals surface area (Å²) in [5.74, 6) is 0. The number of nitrogens with zero attached hydrogens (tertiary/aromatic N) is 1. The van der Waals surface area contributed by atoms with E-state index in [2.05, 4.69) is 107 Å². The smallest absolute Gasteiger partial charge is 0.0714 e. The second-order valence-corrected chi connectivity index (χ2v) is 7.07. The summed E-state index contributed by atoms with van der Waals surface area (Å²) in [5.41, 5.74) is 9.47. The van der Waals surface area contributed by atoms with Crippen LogP contribution < -0.4 is 0 Å². The predicted octanol–water partition coefficient (Wildman–Crippen LogP) is 6.77. The van der Waals surface area contributed by atoms with Gasteiger partial charge in [0.2, 0.25) is 0 Å². The number of benzene rings is 3. The molecular weight excluding hydrogens is 345 g/mol. The molecule has 3 aromatic carbocycles. The molecule has 0 amide bonds. The summed E-state index contributed by atoms with van der Waals surface area (Å²) in [7, 11) is 2.76. The van der Waals surface area contributed by atoms with E-state index in [1.54, 1.807) is 0 Å². The molecule has 1 aromatic heterocycles. The summed E-state index contributed by atoms with van der Waals surface area (Å²) < 4.78 is 0. The normalized spacial score (nSPS) is 10.7. The Morgan fingerprint density at radius 3 is 2.04 bits per heavy atom. The van der Waals surface area contributed by atoms with Gasteiger partial charge >= 0.3 is 0 Å². The molecule has 2 heteroatoms. The molecule has 27 heavy (non-hydrogen) atoms. The fraction of sp³-hybridized carbons (Fsp3) is 0.0800. The highest BCUT2D eigenvalue weighted by Crippen LogP contribution is 2.37. The first kappa shape index (κ1) is 17.6. The van der Waals surface area contributed by atoms with Gasteiger partial charge in [0, 0.05) is 17.4 Å². The Morgan fingerprint density at radius 2 is 1.37 bits per heavy atom. The minimum absolute atomic E-state index is 0.857. The summed E-state index contributed by atoms with van der Waals surface area (Å²) in [6.07, 6.45) is 0.857. The summed E-state index contributed by atoms with van der Waals surface area (Å²) >= 11 is 0. The van der Waals surface area contributed by atoms with Gasteiger partial charge in [0.1, 0.15) is 0 Å². The van der Waals surface area contributed by atoms with E-state index in [1.807, 2.05) is 0 Å². The van der Waals surface area contributed by atoms with Crippen LogP contribution in [0.15, 0.2) is 91.0 Å². The second kappa shape index (κ2) is 7.86. The second-order valence-electron chi connectivity index (χ2n) is 6.67. The molecule has 4 rings (SSSR count). The lowest BCUT2D eigenvalue weighted by atomic mass is 9.89. The first-order valence-electron chi connectivity index (χ1n) is 9.18. The third kappa shape index (κ3) is 3.70. The molecule has 1 unspecified atom stereocenters. The van der Waals surface area contributed by atoms with Gasteiger partial charge in [-0.1, -0.05) is 72.8 Å². The Kier molecular flexibility index (Phi) is 5.14. The van der Waals surface area contributed by atoms with E-state index in [9.17, 15) is 0 Å². The standard InChI is InChI=1S/C25H22NP/c1-18-15-21(19-9-4-2-5-10-19)16-23(20-11-6-3-7-12-20)25(18)24-14-8-13-22(17-27)26-24/h2-16H,17,27H2,1H3. The lowest BCUT2D eigenvalue weighted by Gasteiger charge is -2.16. The lowest BCUT2D eigenvalue weighted by Crippen LogP contribution is -1.95. The topological polar surface area (TPSA) is 12.9 Å². The zero-order valence-corrected chi connectivity index (χ0v) is 16.5. The zero-order chi connectivity index (χ0) is 18.6. The Bertz CT molecular complexity index is 1060. The van der Waals surface area contributed by atoms with Gasteiger partial charge in [-0.15, -0.1) is 9.24 Å². The number of rotatable bonds is 4.